The van der Waals surface area contributed by atoms with Gasteiger partial charge in [-0.1, -0.05) is 103 Å². The van der Waals surface area contributed by atoms with Crippen LogP contribution < -0.4 is 0 Å². The van der Waals surface area contributed by atoms with E-state index in [9.17, 15) is 15.2 Å². The van der Waals surface area contributed by atoms with E-state index in [0.29, 0.717) is 16.8 Å². The van der Waals surface area contributed by atoms with Crippen LogP contribution in [0.2, 0.25) is 0 Å². The van der Waals surface area contributed by atoms with Crippen molar-refractivity contribution in [1.29, 1.82) is 5.26 Å². The van der Waals surface area contributed by atoms with Gasteiger partial charge >= 0.3 is 5.97 Å². The van der Waals surface area contributed by atoms with Gasteiger partial charge in [-0.3, -0.25) is 0 Å². The Morgan fingerprint density at radius 1 is 0.846 bits per heavy atom. The molecule has 192 valence electrons. The summed E-state index contributed by atoms with van der Waals surface area (Å²) in [5.41, 5.74) is 4.13. The van der Waals surface area contributed by atoms with Gasteiger partial charge in [0.05, 0.1) is 23.7 Å². The smallest absolute Gasteiger partial charge is 0.332 e. The highest BCUT2D eigenvalue weighted by Crippen LogP contribution is 2.41. The third-order valence-electron chi connectivity index (χ3n) is 6.86. The van der Waals surface area contributed by atoms with E-state index in [2.05, 4.69) is 47.0 Å². The van der Waals surface area contributed by atoms with E-state index < -0.39 is 23.7 Å². The Balaban J connectivity index is 1.72. The largest absolute Gasteiger partial charge is 0.479 e. The molecule has 5 rings (SSSR count). The number of nitrogens with zero attached hydrogens (tertiary/aromatic N) is 3. The number of ether oxygens (including phenoxy) is 1. The molecule has 4 aromatic carbocycles. The van der Waals surface area contributed by atoms with Gasteiger partial charge in [0, 0.05) is 6.20 Å². The number of carboxylic acids is 1. The first-order valence-electron chi connectivity index (χ1n) is 12.6. The molecule has 39 heavy (non-hydrogen) atoms. The van der Waals surface area contributed by atoms with Gasteiger partial charge in [0.25, 0.3) is 0 Å². The Hall–Kier alpha value is -4.99. The Labute approximate surface area is 227 Å². The van der Waals surface area contributed by atoms with Crippen LogP contribution >= 0.6 is 0 Å². The summed E-state index contributed by atoms with van der Waals surface area (Å²) in [6, 6.07) is 39.7. The van der Waals surface area contributed by atoms with E-state index >= 15 is 0 Å². The minimum Gasteiger partial charge on any atom is -0.479 e. The Bertz CT molecular complexity index is 1480. The highest BCUT2D eigenvalue weighted by Gasteiger charge is 2.39. The van der Waals surface area contributed by atoms with Gasteiger partial charge < -0.3 is 14.4 Å². The Kier molecular flexibility index (Phi) is 7.35. The molecule has 1 heterocycles. The number of carboxylic acid groups (broad SMARTS) is 1. The van der Waals surface area contributed by atoms with E-state index in [1.807, 2.05) is 60.8 Å². The predicted molar refractivity (Wildman–Crippen MR) is 148 cm³/mol. The molecular formula is C33H27N3O3. The third-order valence-corrected chi connectivity index (χ3v) is 6.86. The second kappa shape index (κ2) is 11.2. The first-order chi connectivity index (χ1) is 19.0. The summed E-state index contributed by atoms with van der Waals surface area (Å²) >= 11 is 0. The first kappa shape index (κ1) is 25.7. The van der Waals surface area contributed by atoms with E-state index in [0.717, 1.165) is 16.7 Å². The van der Waals surface area contributed by atoms with Gasteiger partial charge in [0.2, 0.25) is 0 Å². The maximum absolute atomic E-state index is 11.7. The van der Waals surface area contributed by atoms with Crippen molar-refractivity contribution < 1.29 is 14.6 Å². The van der Waals surface area contributed by atoms with Crippen LogP contribution in [0.3, 0.4) is 0 Å². The number of aromatic nitrogens is 2. The molecule has 2 atom stereocenters. The second-order valence-electron chi connectivity index (χ2n) is 9.24. The summed E-state index contributed by atoms with van der Waals surface area (Å²) in [6.45, 7) is 1.50. The van der Waals surface area contributed by atoms with Crippen molar-refractivity contribution in [2.45, 2.75) is 24.7 Å². The molecule has 0 fully saturated rings. The van der Waals surface area contributed by atoms with E-state index in [4.69, 9.17) is 9.72 Å². The van der Waals surface area contributed by atoms with Crippen molar-refractivity contribution >= 4 is 5.97 Å². The summed E-state index contributed by atoms with van der Waals surface area (Å²) in [5.74, 6) is -1.07. The molecule has 0 spiro atoms. The zero-order chi connectivity index (χ0) is 27.2. The van der Waals surface area contributed by atoms with Crippen LogP contribution in [0.5, 0.6) is 0 Å². The van der Waals surface area contributed by atoms with Gasteiger partial charge in [-0.2, -0.15) is 5.26 Å². The zero-order valence-corrected chi connectivity index (χ0v) is 21.4. The monoisotopic (exact) mass is 513 g/mol. The number of hydrogen-bond acceptors (Lipinski definition) is 4. The normalized spacial score (nSPS) is 12.8. The molecule has 0 amide bonds. The molecule has 0 aliphatic carbocycles. The van der Waals surface area contributed by atoms with Gasteiger partial charge in [-0.25, -0.2) is 9.78 Å². The average molecular weight is 514 g/mol. The van der Waals surface area contributed by atoms with Crippen molar-refractivity contribution in [3.05, 3.63) is 161 Å². The summed E-state index contributed by atoms with van der Waals surface area (Å²) in [5, 5.41) is 18.8. The number of aliphatic carboxylic acids is 1. The van der Waals surface area contributed by atoms with Crippen molar-refractivity contribution in [3.8, 4) is 6.07 Å². The van der Waals surface area contributed by atoms with Gasteiger partial charge in [0.15, 0.2) is 6.10 Å². The molecule has 6 nitrogen and oxygen atoms in total. The molecule has 0 radical (unpaired) electrons. The minimum atomic E-state index is -1.07. The van der Waals surface area contributed by atoms with E-state index in [1.165, 1.54) is 6.92 Å². The minimum absolute atomic E-state index is 0.505. The second-order valence-corrected chi connectivity index (χ2v) is 9.24. The fourth-order valence-electron chi connectivity index (χ4n) is 4.96. The van der Waals surface area contributed by atoms with Crippen LogP contribution in [0, 0.1) is 11.3 Å². The van der Waals surface area contributed by atoms with E-state index in [-0.39, 0.29) is 0 Å². The number of rotatable bonds is 9. The van der Waals surface area contributed by atoms with Crippen LogP contribution in [-0.4, -0.2) is 26.7 Å². The number of carbonyl (C=O) groups is 1. The summed E-state index contributed by atoms with van der Waals surface area (Å²) in [4.78, 5) is 16.5. The highest BCUT2D eigenvalue weighted by atomic mass is 16.5. The Morgan fingerprint density at radius 3 is 1.77 bits per heavy atom. The maximum Gasteiger partial charge on any atom is 0.332 e. The lowest BCUT2D eigenvalue weighted by Crippen LogP contribution is -2.37. The van der Waals surface area contributed by atoms with Crippen LogP contribution in [0.25, 0.3) is 0 Å². The van der Waals surface area contributed by atoms with Crippen LogP contribution in [0.1, 0.15) is 46.5 Å². The van der Waals surface area contributed by atoms with Crippen molar-refractivity contribution in [1.82, 2.24) is 9.55 Å². The van der Waals surface area contributed by atoms with Crippen LogP contribution in [0.4, 0.5) is 0 Å². The van der Waals surface area contributed by atoms with Gasteiger partial charge in [-0.15, -0.1) is 0 Å². The Morgan fingerprint density at radius 2 is 1.33 bits per heavy atom. The lowest BCUT2D eigenvalue weighted by molar-refractivity contribution is -0.151. The van der Waals surface area contributed by atoms with Crippen molar-refractivity contribution in [3.63, 3.8) is 0 Å². The van der Waals surface area contributed by atoms with E-state index in [1.54, 1.807) is 30.6 Å². The maximum atomic E-state index is 11.7. The number of hydrogen-bond donors (Lipinski definition) is 1. The number of nitriles is 1. The zero-order valence-electron chi connectivity index (χ0n) is 21.4. The molecule has 2 unspecified atom stereocenters. The van der Waals surface area contributed by atoms with Crippen LogP contribution in [0.15, 0.2) is 128 Å². The molecule has 1 N–H and O–H groups in total. The number of benzene rings is 4. The van der Waals surface area contributed by atoms with Crippen molar-refractivity contribution in [2.24, 2.45) is 0 Å². The summed E-state index contributed by atoms with van der Waals surface area (Å²) in [6.07, 6.45) is 1.86. The topological polar surface area (TPSA) is 88.1 Å². The van der Waals surface area contributed by atoms with Gasteiger partial charge in [0.1, 0.15) is 11.6 Å². The molecule has 6 heteroatoms. The summed E-state index contributed by atoms with van der Waals surface area (Å²) < 4.78 is 8.11. The molecule has 0 bridgehead atoms. The highest BCUT2D eigenvalue weighted by molar-refractivity contribution is 5.71. The molecule has 0 saturated heterocycles. The SMILES string of the molecule is CC(OC(c1ccc(C#N)cc1)c1cn(C(c2ccccc2)(c2ccccc2)c2ccccc2)cn1)C(=O)O. The molecule has 5 aromatic rings. The molecule has 0 aliphatic rings. The summed E-state index contributed by atoms with van der Waals surface area (Å²) in [7, 11) is 0. The molecule has 1 aromatic heterocycles. The third kappa shape index (κ3) is 4.96. The standard InChI is InChI=1S/C33H27N3O3/c1-24(32(37)38)39-31(26-19-17-25(21-34)18-20-26)30-22-36(23-35-30)33(27-11-5-2-6-12-27,28-13-7-3-8-14-28)29-15-9-4-10-16-29/h2-20,22-24,31H,1H3,(H,37,38). The molecular weight excluding hydrogens is 486 g/mol. The van der Waals surface area contributed by atoms with Crippen LogP contribution in [-0.2, 0) is 15.1 Å². The average Bonchev–Trinajstić information content (AvgIpc) is 3.48. The van der Waals surface area contributed by atoms with Gasteiger partial charge in [-0.05, 0) is 41.3 Å². The first-order valence-corrected chi connectivity index (χ1v) is 12.6. The molecule has 0 aliphatic heterocycles. The molecule has 0 saturated carbocycles. The quantitative estimate of drug-likeness (QED) is 0.238. The lowest BCUT2D eigenvalue weighted by atomic mass is 9.77. The fraction of sp³-hybridized carbons (Fsp3) is 0.121. The predicted octanol–water partition coefficient (Wildman–Crippen LogP) is 6.17. The van der Waals surface area contributed by atoms with Crippen molar-refractivity contribution in [2.75, 3.05) is 0 Å². The number of imidazole rings is 1. The lowest BCUT2D eigenvalue weighted by Gasteiger charge is -2.37. The fourth-order valence-corrected chi connectivity index (χ4v) is 4.96.